The van der Waals surface area contributed by atoms with E-state index in [1.165, 1.54) is 32.1 Å². The summed E-state index contributed by atoms with van der Waals surface area (Å²) in [6.45, 7) is 3.01. The monoisotopic (exact) mass is 239 g/mol. The molecule has 1 aromatic heterocycles. The molecule has 0 radical (unpaired) electrons. The van der Waals surface area contributed by atoms with Gasteiger partial charge in [0.1, 0.15) is 12.4 Å². The van der Waals surface area contributed by atoms with Crippen LogP contribution in [0, 0.1) is 0 Å². The van der Waals surface area contributed by atoms with Crippen molar-refractivity contribution in [1.82, 2.24) is 4.57 Å². The summed E-state index contributed by atoms with van der Waals surface area (Å²) in [6.07, 6.45) is 11.0. The van der Waals surface area contributed by atoms with Crippen LogP contribution in [0.2, 0.25) is 0 Å². The molecule has 96 valence electrons. The van der Waals surface area contributed by atoms with Gasteiger partial charge in [0.25, 0.3) is 0 Å². The molecule has 1 rings (SSSR count). The van der Waals surface area contributed by atoms with Crippen molar-refractivity contribution in [2.45, 2.75) is 52.0 Å². The lowest BCUT2D eigenvalue weighted by Gasteiger charge is -2.00. The minimum absolute atomic E-state index is 0.360. The van der Waals surface area contributed by atoms with E-state index in [-0.39, 0.29) is 0 Å². The standard InChI is InChI=1S/C13H22N2O2/c1-3-4-5-6-7-8-9-15-11-10-14(2)12(15)13(16)17/h10-11H,3-9H2,1-2H3/p+1. The number of rotatable bonds is 8. The van der Waals surface area contributed by atoms with Crippen molar-refractivity contribution in [2.75, 3.05) is 0 Å². The number of unbranched alkanes of at least 4 members (excludes halogenated alkanes) is 5. The molecule has 0 aromatic carbocycles. The molecule has 0 aliphatic heterocycles. The molecule has 0 atom stereocenters. The summed E-state index contributed by atoms with van der Waals surface area (Å²) in [5.74, 6) is -0.498. The molecule has 0 fully saturated rings. The number of hydrogen-bond donors (Lipinski definition) is 1. The average Bonchev–Trinajstić information content (AvgIpc) is 2.65. The van der Waals surface area contributed by atoms with E-state index in [0.29, 0.717) is 5.82 Å². The van der Waals surface area contributed by atoms with E-state index in [4.69, 9.17) is 5.11 Å². The summed E-state index contributed by atoms with van der Waals surface area (Å²) in [6, 6.07) is 0. The molecule has 0 saturated heterocycles. The fraction of sp³-hybridized carbons (Fsp3) is 0.692. The van der Waals surface area contributed by atoms with Crippen LogP contribution in [-0.4, -0.2) is 15.6 Å². The van der Waals surface area contributed by atoms with Gasteiger partial charge >= 0.3 is 11.8 Å². The number of carboxylic acids is 1. The topological polar surface area (TPSA) is 46.1 Å². The molecule has 1 N–H and O–H groups in total. The zero-order chi connectivity index (χ0) is 12.7. The summed E-state index contributed by atoms with van der Waals surface area (Å²) in [4.78, 5) is 11.0. The summed E-state index contributed by atoms with van der Waals surface area (Å²) in [7, 11) is 1.77. The summed E-state index contributed by atoms with van der Waals surface area (Å²) in [5.41, 5.74) is 0. The van der Waals surface area contributed by atoms with Crippen LogP contribution in [0.1, 0.15) is 56.1 Å². The molecule has 1 heterocycles. The second-order valence-corrected chi connectivity index (χ2v) is 4.50. The van der Waals surface area contributed by atoms with Crippen molar-refractivity contribution < 1.29 is 14.5 Å². The Kier molecular flexibility index (Phi) is 5.73. The maximum Gasteiger partial charge on any atom is 0.419 e. The Morgan fingerprint density at radius 3 is 2.59 bits per heavy atom. The van der Waals surface area contributed by atoms with Gasteiger partial charge in [-0.15, -0.1) is 0 Å². The third kappa shape index (κ3) is 4.21. The van der Waals surface area contributed by atoms with Crippen LogP contribution < -0.4 is 4.57 Å². The molecule has 4 heteroatoms. The lowest BCUT2D eigenvalue weighted by Crippen LogP contribution is -2.35. The van der Waals surface area contributed by atoms with Gasteiger partial charge in [0.15, 0.2) is 0 Å². The number of hydrogen-bond acceptors (Lipinski definition) is 1. The van der Waals surface area contributed by atoms with E-state index < -0.39 is 5.97 Å². The van der Waals surface area contributed by atoms with Crippen molar-refractivity contribution in [3.63, 3.8) is 0 Å². The van der Waals surface area contributed by atoms with Gasteiger partial charge in [0.2, 0.25) is 0 Å². The van der Waals surface area contributed by atoms with Gasteiger partial charge < -0.3 is 5.11 Å². The van der Waals surface area contributed by atoms with Gasteiger partial charge in [0, 0.05) is 0 Å². The van der Waals surface area contributed by atoms with E-state index in [1.54, 1.807) is 17.8 Å². The van der Waals surface area contributed by atoms with Crippen LogP contribution in [0.5, 0.6) is 0 Å². The Balaban J connectivity index is 2.34. The minimum atomic E-state index is -0.858. The molecule has 0 aliphatic carbocycles. The Morgan fingerprint density at radius 2 is 1.94 bits per heavy atom. The predicted molar refractivity (Wildman–Crippen MR) is 65.9 cm³/mol. The number of aromatic carboxylic acids is 1. The molecule has 0 amide bonds. The Labute approximate surface area is 103 Å². The van der Waals surface area contributed by atoms with Gasteiger partial charge in [-0.05, 0) is 12.8 Å². The van der Waals surface area contributed by atoms with Gasteiger partial charge in [0.05, 0.1) is 13.6 Å². The first-order valence-electron chi connectivity index (χ1n) is 6.45. The molecular formula is C13H23N2O2+. The number of carbonyl (C=O) groups is 1. The predicted octanol–water partition coefficient (Wildman–Crippen LogP) is 2.37. The molecule has 0 bridgehead atoms. The lowest BCUT2D eigenvalue weighted by molar-refractivity contribution is -0.673. The van der Waals surface area contributed by atoms with Crippen LogP contribution in [0.15, 0.2) is 12.4 Å². The van der Waals surface area contributed by atoms with Crippen molar-refractivity contribution >= 4 is 5.97 Å². The first-order valence-corrected chi connectivity index (χ1v) is 6.45. The second-order valence-electron chi connectivity index (χ2n) is 4.50. The van der Waals surface area contributed by atoms with Crippen molar-refractivity contribution in [3.05, 3.63) is 18.2 Å². The SMILES string of the molecule is CCCCCCCCn1cc[n+](C)c1C(=O)O. The number of carboxylic acid groups (broad SMARTS) is 1. The van der Waals surface area contributed by atoms with E-state index in [1.807, 2.05) is 10.8 Å². The molecule has 1 aromatic rings. The number of nitrogens with zero attached hydrogens (tertiary/aromatic N) is 2. The average molecular weight is 239 g/mol. The summed E-state index contributed by atoms with van der Waals surface area (Å²) < 4.78 is 3.47. The minimum Gasteiger partial charge on any atom is -0.472 e. The maximum absolute atomic E-state index is 11.0. The highest BCUT2D eigenvalue weighted by atomic mass is 16.4. The number of aromatic nitrogens is 2. The first kappa shape index (κ1) is 13.7. The molecule has 0 aliphatic rings. The molecule has 0 spiro atoms. The fourth-order valence-corrected chi connectivity index (χ4v) is 2.04. The largest absolute Gasteiger partial charge is 0.472 e. The zero-order valence-electron chi connectivity index (χ0n) is 10.9. The van der Waals surface area contributed by atoms with Crippen molar-refractivity contribution in [2.24, 2.45) is 7.05 Å². The molecule has 0 unspecified atom stereocenters. The normalized spacial score (nSPS) is 10.7. The Morgan fingerprint density at radius 1 is 1.29 bits per heavy atom. The summed E-state index contributed by atoms with van der Waals surface area (Å²) in [5, 5.41) is 9.07. The lowest BCUT2D eigenvalue weighted by atomic mass is 10.1. The third-order valence-corrected chi connectivity index (χ3v) is 3.02. The molecule has 4 nitrogen and oxygen atoms in total. The highest BCUT2D eigenvalue weighted by molar-refractivity contribution is 5.81. The first-order chi connectivity index (χ1) is 8.16. The van der Waals surface area contributed by atoms with Crippen LogP contribution in [0.25, 0.3) is 0 Å². The quantitative estimate of drug-likeness (QED) is 0.559. The maximum atomic E-state index is 11.0. The third-order valence-electron chi connectivity index (χ3n) is 3.02. The van der Waals surface area contributed by atoms with Gasteiger partial charge in [-0.25, -0.2) is 13.9 Å². The van der Waals surface area contributed by atoms with Gasteiger partial charge in [-0.2, -0.15) is 0 Å². The van der Waals surface area contributed by atoms with E-state index in [9.17, 15) is 4.79 Å². The molecule has 0 saturated carbocycles. The Bertz CT molecular complexity index is 358. The Hall–Kier alpha value is -1.32. The molecular weight excluding hydrogens is 216 g/mol. The second kappa shape index (κ2) is 7.09. The van der Waals surface area contributed by atoms with Crippen LogP contribution in [-0.2, 0) is 13.6 Å². The van der Waals surface area contributed by atoms with Crippen LogP contribution in [0.4, 0.5) is 0 Å². The van der Waals surface area contributed by atoms with E-state index in [2.05, 4.69) is 6.92 Å². The smallest absolute Gasteiger partial charge is 0.419 e. The van der Waals surface area contributed by atoms with Crippen LogP contribution in [0.3, 0.4) is 0 Å². The highest BCUT2D eigenvalue weighted by Gasteiger charge is 2.21. The number of aryl methyl sites for hydroxylation is 2. The fourth-order valence-electron chi connectivity index (χ4n) is 2.04. The van der Waals surface area contributed by atoms with Crippen molar-refractivity contribution in [3.8, 4) is 0 Å². The number of imidazole rings is 1. The molecule has 17 heavy (non-hydrogen) atoms. The van der Waals surface area contributed by atoms with Crippen LogP contribution >= 0.6 is 0 Å². The zero-order valence-corrected chi connectivity index (χ0v) is 10.9. The van der Waals surface area contributed by atoms with Gasteiger partial charge in [-0.1, -0.05) is 32.6 Å². The van der Waals surface area contributed by atoms with Crippen molar-refractivity contribution in [1.29, 1.82) is 0 Å². The van der Waals surface area contributed by atoms with E-state index >= 15 is 0 Å². The highest BCUT2D eigenvalue weighted by Crippen LogP contribution is 2.07. The van der Waals surface area contributed by atoms with Gasteiger partial charge in [-0.3, -0.25) is 0 Å². The summed E-state index contributed by atoms with van der Waals surface area (Å²) >= 11 is 0. The van der Waals surface area contributed by atoms with E-state index in [0.717, 1.165) is 13.0 Å².